The molecule has 1 aliphatic rings. The van der Waals surface area contributed by atoms with Gasteiger partial charge in [0.1, 0.15) is 11.9 Å². The Morgan fingerprint density at radius 3 is 2.41 bits per heavy atom. The van der Waals surface area contributed by atoms with Gasteiger partial charge in [0.05, 0.1) is 13.7 Å². The molecule has 8 nitrogen and oxygen atoms in total. The highest BCUT2D eigenvalue weighted by Gasteiger charge is 2.26. The van der Waals surface area contributed by atoms with Gasteiger partial charge in [-0.1, -0.05) is 0 Å². The summed E-state index contributed by atoms with van der Waals surface area (Å²) in [5.74, 6) is 0.753. The topological polar surface area (TPSA) is 90.8 Å². The molecule has 27 heavy (non-hydrogen) atoms. The molecule has 1 aromatic heterocycles. The second kappa shape index (κ2) is 8.48. The predicted molar refractivity (Wildman–Crippen MR) is 95.9 cm³/mol. The number of likely N-dealkylation sites (tertiary alicyclic amines) is 1. The van der Waals surface area contributed by atoms with Crippen molar-refractivity contribution in [2.24, 2.45) is 0 Å². The Morgan fingerprint density at radius 1 is 1.07 bits per heavy atom. The van der Waals surface area contributed by atoms with Gasteiger partial charge < -0.3 is 19.1 Å². The lowest BCUT2D eigenvalue weighted by Gasteiger charge is -2.32. The molecule has 2 heterocycles. The molecule has 8 heteroatoms. The van der Waals surface area contributed by atoms with Crippen molar-refractivity contribution < 1.29 is 23.8 Å². The van der Waals surface area contributed by atoms with E-state index < -0.39 is 5.97 Å². The summed E-state index contributed by atoms with van der Waals surface area (Å²) in [7, 11) is 1.52. The van der Waals surface area contributed by atoms with Gasteiger partial charge in [-0.3, -0.25) is 9.59 Å². The van der Waals surface area contributed by atoms with Gasteiger partial charge in [-0.25, -0.2) is 0 Å². The first-order valence-electron chi connectivity index (χ1n) is 8.67. The van der Waals surface area contributed by atoms with E-state index in [1.165, 1.54) is 14.0 Å². The maximum atomic E-state index is 12.7. The van der Waals surface area contributed by atoms with E-state index in [9.17, 15) is 9.59 Å². The molecular weight excluding hydrogens is 350 g/mol. The smallest absolute Gasteiger partial charge is 0.308 e. The molecule has 1 unspecified atom stereocenters. The van der Waals surface area contributed by atoms with Gasteiger partial charge in [-0.15, -0.1) is 10.2 Å². The van der Waals surface area contributed by atoms with Crippen LogP contribution in [0.1, 0.15) is 30.1 Å². The Kier molecular flexibility index (Phi) is 5.85. The average molecular weight is 371 g/mol. The molecule has 1 atom stereocenters. The third-order valence-corrected chi connectivity index (χ3v) is 4.14. The van der Waals surface area contributed by atoms with E-state index in [4.69, 9.17) is 14.2 Å². The molecule has 0 aliphatic carbocycles. The van der Waals surface area contributed by atoms with Crippen LogP contribution in [0.15, 0.2) is 36.4 Å². The third-order valence-electron chi connectivity index (χ3n) is 4.14. The summed E-state index contributed by atoms with van der Waals surface area (Å²) >= 11 is 0. The van der Waals surface area contributed by atoms with E-state index in [-0.39, 0.29) is 12.0 Å². The lowest BCUT2D eigenvalue weighted by atomic mass is 10.1. The van der Waals surface area contributed by atoms with Gasteiger partial charge in [0.25, 0.3) is 5.91 Å². The normalized spacial score (nSPS) is 16.5. The van der Waals surface area contributed by atoms with Crippen LogP contribution in [0.2, 0.25) is 0 Å². The van der Waals surface area contributed by atoms with Crippen LogP contribution >= 0.6 is 0 Å². The second-order valence-corrected chi connectivity index (χ2v) is 6.17. The molecular formula is C19H21N3O5. The van der Waals surface area contributed by atoms with Gasteiger partial charge in [-0.2, -0.15) is 0 Å². The number of amides is 1. The van der Waals surface area contributed by atoms with E-state index >= 15 is 0 Å². The number of ether oxygens (including phenoxy) is 3. The van der Waals surface area contributed by atoms with Gasteiger partial charge in [-0.05, 0) is 37.1 Å². The number of nitrogens with zero attached hydrogens (tertiary/aromatic N) is 3. The molecule has 2 aromatic rings. The summed E-state index contributed by atoms with van der Waals surface area (Å²) in [6.07, 6.45) is 1.53. The minimum atomic E-state index is -0.397. The quantitative estimate of drug-likeness (QED) is 0.587. The Labute approximate surface area is 157 Å². The summed E-state index contributed by atoms with van der Waals surface area (Å²) in [5.41, 5.74) is 0.538. The maximum absolute atomic E-state index is 12.7. The lowest BCUT2D eigenvalue weighted by molar-refractivity contribution is -0.131. The van der Waals surface area contributed by atoms with Crippen LogP contribution in [0.25, 0.3) is 0 Å². The number of esters is 1. The minimum absolute atomic E-state index is 0.0847. The van der Waals surface area contributed by atoms with Crippen LogP contribution < -0.4 is 14.2 Å². The highest BCUT2D eigenvalue weighted by Crippen LogP contribution is 2.20. The van der Waals surface area contributed by atoms with Crippen molar-refractivity contribution in [3.63, 3.8) is 0 Å². The van der Waals surface area contributed by atoms with Crippen LogP contribution in [0, 0.1) is 0 Å². The average Bonchev–Trinajstić information content (AvgIpc) is 2.68. The highest BCUT2D eigenvalue weighted by molar-refractivity contribution is 5.94. The van der Waals surface area contributed by atoms with E-state index in [0.29, 0.717) is 36.2 Å². The van der Waals surface area contributed by atoms with Crippen LogP contribution in [0.3, 0.4) is 0 Å². The number of hydrogen-bond acceptors (Lipinski definition) is 7. The fourth-order valence-corrected chi connectivity index (χ4v) is 2.88. The number of methoxy groups -OCH3 is 1. The van der Waals surface area contributed by atoms with Crippen molar-refractivity contribution in [2.75, 3.05) is 20.2 Å². The van der Waals surface area contributed by atoms with Gasteiger partial charge in [0, 0.05) is 31.2 Å². The fourth-order valence-electron chi connectivity index (χ4n) is 2.88. The Balaban J connectivity index is 1.60. The minimum Gasteiger partial charge on any atom is -0.480 e. The molecule has 3 rings (SSSR count). The highest BCUT2D eigenvalue weighted by atomic mass is 16.5. The number of carbonyl (C=O) groups excluding carboxylic acids is 2. The molecule has 1 aromatic carbocycles. The number of rotatable bonds is 5. The first kappa shape index (κ1) is 18.6. The number of piperidine rings is 1. The van der Waals surface area contributed by atoms with Gasteiger partial charge in [0.15, 0.2) is 0 Å². The molecule has 1 saturated heterocycles. The first-order valence-corrected chi connectivity index (χ1v) is 8.67. The molecule has 0 saturated carbocycles. The summed E-state index contributed by atoms with van der Waals surface area (Å²) in [4.78, 5) is 25.5. The van der Waals surface area contributed by atoms with Gasteiger partial charge >= 0.3 is 5.97 Å². The van der Waals surface area contributed by atoms with Crippen molar-refractivity contribution in [3.05, 3.63) is 42.0 Å². The molecule has 1 aliphatic heterocycles. The monoisotopic (exact) mass is 371 g/mol. The van der Waals surface area contributed by atoms with Crippen molar-refractivity contribution in [3.8, 4) is 17.5 Å². The van der Waals surface area contributed by atoms with Crippen molar-refractivity contribution in [1.29, 1.82) is 0 Å². The standard InChI is InChI=1S/C19H21N3O5/c1-13(23)26-15-7-5-14(6-8-15)19(24)22-11-3-4-16(12-22)27-18-10-9-17(25-2)20-21-18/h5-10,16H,3-4,11-12H2,1-2H3. The Bertz CT molecular complexity index is 792. The Morgan fingerprint density at radius 2 is 1.78 bits per heavy atom. The van der Waals surface area contributed by atoms with Crippen LogP contribution in [-0.4, -0.2) is 53.3 Å². The van der Waals surface area contributed by atoms with E-state index in [1.807, 2.05) is 0 Å². The molecule has 0 N–H and O–H groups in total. The molecule has 0 radical (unpaired) electrons. The lowest BCUT2D eigenvalue weighted by Crippen LogP contribution is -2.44. The molecule has 0 bridgehead atoms. The van der Waals surface area contributed by atoms with Crippen LogP contribution in [0.4, 0.5) is 0 Å². The second-order valence-electron chi connectivity index (χ2n) is 6.17. The molecule has 0 spiro atoms. The zero-order valence-corrected chi connectivity index (χ0v) is 15.3. The Hall–Kier alpha value is -3.16. The summed E-state index contributed by atoms with van der Waals surface area (Å²) < 4.78 is 15.8. The van der Waals surface area contributed by atoms with Crippen molar-refractivity contribution >= 4 is 11.9 Å². The summed E-state index contributed by atoms with van der Waals surface area (Å²) in [6, 6.07) is 9.90. The van der Waals surface area contributed by atoms with E-state index in [2.05, 4.69) is 10.2 Å². The molecule has 1 fully saturated rings. The van der Waals surface area contributed by atoms with Crippen LogP contribution in [0.5, 0.6) is 17.5 Å². The van der Waals surface area contributed by atoms with E-state index in [0.717, 1.165) is 12.8 Å². The predicted octanol–water partition coefficient (Wildman–Crippen LogP) is 2.09. The van der Waals surface area contributed by atoms with E-state index in [1.54, 1.807) is 41.3 Å². The number of aromatic nitrogens is 2. The van der Waals surface area contributed by atoms with Gasteiger partial charge in [0.2, 0.25) is 11.8 Å². The van der Waals surface area contributed by atoms with Crippen LogP contribution in [-0.2, 0) is 4.79 Å². The number of carbonyl (C=O) groups is 2. The van der Waals surface area contributed by atoms with Crippen molar-refractivity contribution in [1.82, 2.24) is 15.1 Å². The van der Waals surface area contributed by atoms with Crippen molar-refractivity contribution in [2.45, 2.75) is 25.9 Å². The zero-order valence-electron chi connectivity index (χ0n) is 15.3. The SMILES string of the molecule is COc1ccc(OC2CCCN(C(=O)c3ccc(OC(C)=O)cc3)C2)nn1. The third kappa shape index (κ3) is 4.93. The largest absolute Gasteiger partial charge is 0.480 e. The first-order chi connectivity index (χ1) is 13.0. The summed E-state index contributed by atoms with van der Waals surface area (Å²) in [5, 5.41) is 7.84. The number of hydrogen-bond donors (Lipinski definition) is 0. The fraction of sp³-hybridized carbons (Fsp3) is 0.368. The molecule has 1 amide bonds. The summed E-state index contributed by atoms with van der Waals surface area (Å²) in [6.45, 7) is 2.47. The molecule has 142 valence electrons. The zero-order chi connectivity index (χ0) is 19.2. The number of benzene rings is 1. The maximum Gasteiger partial charge on any atom is 0.308 e.